The molecule has 1 N–H and O–H groups in total. The van der Waals surface area contributed by atoms with Gasteiger partial charge in [-0.05, 0) is 19.4 Å². The number of rotatable bonds is 6. The molecular weight excluding hydrogens is 188 g/mol. The second-order valence-electron chi connectivity index (χ2n) is 4.54. The average molecular weight is 210 g/mol. The Morgan fingerprint density at radius 2 is 2.13 bits per heavy atom. The lowest BCUT2D eigenvalue weighted by Crippen LogP contribution is -2.21. The molecule has 0 saturated heterocycles. The largest absolute Gasteiger partial charge is 0.448 e. The molecule has 1 heterocycles. The van der Waals surface area contributed by atoms with Crippen molar-refractivity contribution in [2.45, 2.75) is 52.5 Å². The highest BCUT2D eigenvalue weighted by Gasteiger charge is 2.25. The molecule has 15 heavy (non-hydrogen) atoms. The van der Waals surface area contributed by atoms with Gasteiger partial charge in [0.05, 0.1) is 5.69 Å². The molecule has 0 aliphatic heterocycles. The van der Waals surface area contributed by atoms with Crippen LogP contribution in [0.1, 0.15) is 52.0 Å². The van der Waals surface area contributed by atoms with Gasteiger partial charge in [0.15, 0.2) is 6.39 Å². The molecule has 86 valence electrons. The smallest absolute Gasteiger partial charge is 0.181 e. The quantitative estimate of drug-likeness (QED) is 0.734. The summed E-state index contributed by atoms with van der Waals surface area (Å²) in [6, 6.07) is 0. The third kappa shape index (κ3) is 3.06. The van der Waals surface area contributed by atoms with Crippen molar-refractivity contribution in [3.05, 3.63) is 17.8 Å². The summed E-state index contributed by atoms with van der Waals surface area (Å²) < 4.78 is 5.50. The fourth-order valence-corrected chi connectivity index (χ4v) is 1.49. The second kappa shape index (κ2) is 5.31. The van der Waals surface area contributed by atoms with Crippen LogP contribution in [0, 0.1) is 0 Å². The van der Waals surface area contributed by atoms with Crippen LogP contribution in [0.4, 0.5) is 0 Å². The van der Waals surface area contributed by atoms with Gasteiger partial charge in [0.1, 0.15) is 5.76 Å². The highest BCUT2D eigenvalue weighted by molar-refractivity contribution is 5.16. The molecule has 0 aliphatic rings. The Bertz CT molecular complexity index is 292. The minimum atomic E-state index is 0.0831. The van der Waals surface area contributed by atoms with Crippen LogP contribution in [0.2, 0.25) is 0 Å². The second-order valence-corrected chi connectivity index (χ2v) is 4.54. The average Bonchev–Trinajstić information content (AvgIpc) is 2.67. The third-order valence-corrected chi connectivity index (χ3v) is 2.86. The SMILES string of the molecule is CCCNCc1ncoc1C(C)(C)CC. The predicted molar refractivity (Wildman–Crippen MR) is 61.8 cm³/mol. The van der Waals surface area contributed by atoms with Gasteiger partial charge in [-0.3, -0.25) is 0 Å². The van der Waals surface area contributed by atoms with Crippen molar-refractivity contribution in [3.8, 4) is 0 Å². The van der Waals surface area contributed by atoms with Crippen molar-refractivity contribution < 1.29 is 4.42 Å². The molecule has 0 unspecified atom stereocenters. The molecule has 0 saturated carbocycles. The van der Waals surface area contributed by atoms with Crippen LogP contribution in [0.5, 0.6) is 0 Å². The van der Waals surface area contributed by atoms with Crippen LogP contribution < -0.4 is 5.32 Å². The lowest BCUT2D eigenvalue weighted by Gasteiger charge is -2.20. The van der Waals surface area contributed by atoms with Crippen molar-refractivity contribution >= 4 is 0 Å². The Morgan fingerprint density at radius 1 is 1.40 bits per heavy atom. The van der Waals surface area contributed by atoms with Crippen LogP contribution in [0.3, 0.4) is 0 Å². The molecule has 0 amide bonds. The standard InChI is InChI=1S/C12H22N2O/c1-5-7-13-8-10-11(15-9-14-10)12(3,4)6-2/h9,13H,5-8H2,1-4H3. The van der Waals surface area contributed by atoms with Crippen molar-refractivity contribution in [3.63, 3.8) is 0 Å². The van der Waals surface area contributed by atoms with E-state index in [2.05, 4.69) is 38.0 Å². The summed E-state index contributed by atoms with van der Waals surface area (Å²) in [7, 11) is 0. The molecule has 0 atom stereocenters. The zero-order valence-electron chi connectivity index (χ0n) is 10.3. The van der Waals surface area contributed by atoms with Gasteiger partial charge in [-0.1, -0.05) is 27.7 Å². The number of hydrogen-bond acceptors (Lipinski definition) is 3. The third-order valence-electron chi connectivity index (χ3n) is 2.86. The van der Waals surface area contributed by atoms with Gasteiger partial charge in [-0.15, -0.1) is 0 Å². The Balaban J connectivity index is 2.69. The Morgan fingerprint density at radius 3 is 2.73 bits per heavy atom. The molecule has 0 aliphatic carbocycles. The fraction of sp³-hybridized carbons (Fsp3) is 0.750. The van der Waals surface area contributed by atoms with Crippen molar-refractivity contribution in [2.24, 2.45) is 0 Å². The van der Waals surface area contributed by atoms with Crippen molar-refractivity contribution in [1.82, 2.24) is 10.3 Å². The van der Waals surface area contributed by atoms with Crippen LogP contribution >= 0.6 is 0 Å². The molecule has 3 heteroatoms. The van der Waals surface area contributed by atoms with E-state index in [1.807, 2.05) is 0 Å². The number of hydrogen-bond donors (Lipinski definition) is 1. The Labute approximate surface area is 92.3 Å². The maximum absolute atomic E-state index is 5.50. The van der Waals surface area contributed by atoms with Gasteiger partial charge in [0, 0.05) is 12.0 Å². The summed E-state index contributed by atoms with van der Waals surface area (Å²) in [6.45, 7) is 10.5. The van der Waals surface area contributed by atoms with Crippen molar-refractivity contribution in [2.75, 3.05) is 6.54 Å². The van der Waals surface area contributed by atoms with Gasteiger partial charge < -0.3 is 9.73 Å². The first kappa shape index (κ1) is 12.2. The van der Waals surface area contributed by atoms with E-state index in [0.29, 0.717) is 0 Å². The molecular formula is C12H22N2O. The lowest BCUT2D eigenvalue weighted by molar-refractivity contribution is 0.369. The highest BCUT2D eigenvalue weighted by atomic mass is 16.3. The predicted octanol–water partition coefficient (Wildman–Crippen LogP) is 2.86. The van der Waals surface area contributed by atoms with Gasteiger partial charge in [0.2, 0.25) is 0 Å². The van der Waals surface area contributed by atoms with Crippen molar-refractivity contribution in [1.29, 1.82) is 0 Å². The Kier molecular flexibility index (Phi) is 4.33. The molecule has 0 bridgehead atoms. The first-order chi connectivity index (χ1) is 7.11. The van der Waals surface area contributed by atoms with E-state index in [-0.39, 0.29) is 5.41 Å². The number of nitrogens with one attached hydrogen (secondary N) is 1. The van der Waals surface area contributed by atoms with Gasteiger partial charge in [0.25, 0.3) is 0 Å². The molecule has 1 aromatic heterocycles. The summed E-state index contributed by atoms with van der Waals surface area (Å²) in [6.07, 6.45) is 3.75. The lowest BCUT2D eigenvalue weighted by atomic mass is 9.86. The summed E-state index contributed by atoms with van der Waals surface area (Å²) in [4.78, 5) is 4.27. The normalized spacial score (nSPS) is 12.0. The molecule has 0 aromatic carbocycles. The summed E-state index contributed by atoms with van der Waals surface area (Å²) in [5.41, 5.74) is 1.13. The van der Waals surface area contributed by atoms with Gasteiger partial charge in [-0.2, -0.15) is 0 Å². The van der Waals surface area contributed by atoms with Crippen LogP contribution in [-0.4, -0.2) is 11.5 Å². The van der Waals surface area contributed by atoms with E-state index in [4.69, 9.17) is 4.42 Å². The minimum Gasteiger partial charge on any atom is -0.448 e. The summed E-state index contributed by atoms with van der Waals surface area (Å²) >= 11 is 0. The minimum absolute atomic E-state index is 0.0831. The van der Waals surface area contributed by atoms with E-state index in [0.717, 1.165) is 37.4 Å². The van der Waals surface area contributed by atoms with Crippen LogP contribution in [-0.2, 0) is 12.0 Å². The first-order valence-electron chi connectivity index (χ1n) is 5.75. The first-order valence-corrected chi connectivity index (χ1v) is 5.75. The Hall–Kier alpha value is -0.830. The molecule has 0 radical (unpaired) electrons. The molecule has 1 rings (SSSR count). The number of nitrogens with zero attached hydrogens (tertiary/aromatic N) is 1. The maximum Gasteiger partial charge on any atom is 0.181 e. The van der Waals surface area contributed by atoms with Crippen LogP contribution in [0.25, 0.3) is 0 Å². The zero-order valence-corrected chi connectivity index (χ0v) is 10.3. The highest BCUT2D eigenvalue weighted by Crippen LogP contribution is 2.28. The summed E-state index contributed by atoms with van der Waals surface area (Å²) in [5.74, 6) is 1.02. The fourth-order valence-electron chi connectivity index (χ4n) is 1.49. The molecule has 0 fully saturated rings. The van der Waals surface area contributed by atoms with E-state index in [1.54, 1.807) is 6.39 Å². The van der Waals surface area contributed by atoms with Gasteiger partial charge >= 0.3 is 0 Å². The monoisotopic (exact) mass is 210 g/mol. The van der Waals surface area contributed by atoms with E-state index < -0.39 is 0 Å². The molecule has 3 nitrogen and oxygen atoms in total. The van der Waals surface area contributed by atoms with E-state index >= 15 is 0 Å². The molecule has 0 spiro atoms. The van der Waals surface area contributed by atoms with Crippen LogP contribution in [0.15, 0.2) is 10.8 Å². The van der Waals surface area contributed by atoms with Gasteiger partial charge in [-0.25, -0.2) is 4.98 Å². The van der Waals surface area contributed by atoms with E-state index in [9.17, 15) is 0 Å². The number of oxazole rings is 1. The topological polar surface area (TPSA) is 38.1 Å². The molecule has 1 aromatic rings. The zero-order chi connectivity index (χ0) is 11.3. The maximum atomic E-state index is 5.50. The van der Waals surface area contributed by atoms with E-state index in [1.165, 1.54) is 0 Å². The number of aromatic nitrogens is 1. The summed E-state index contributed by atoms with van der Waals surface area (Å²) in [5, 5.41) is 3.35.